The van der Waals surface area contributed by atoms with Gasteiger partial charge in [-0.25, -0.2) is 0 Å². The van der Waals surface area contributed by atoms with Crippen molar-refractivity contribution in [2.24, 2.45) is 28.6 Å². The van der Waals surface area contributed by atoms with Crippen LogP contribution in [0.15, 0.2) is 0 Å². The van der Waals surface area contributed by atoms with E-state index in [4.69, 9.17) is 28.4 Å². The molecule has 0 unspecified atom stereocenters. The number of ketones is 1. The number of hydrogen-bond acceptors (Lipinski definition) is 9. The van der Waals surface area contributed by atoms with Gasteiger partial charge in [0.05, 0.1) is 41.1 Å². The van der Waals surface area contributed by atoms with Crippen molar-refractivity contribution >= 4 is 11.7 Å². The number of Topliss-reactive ketones (excluding diaryl/α,β-unsaturated/α-hetero) is 1. The van der Waals surface area contributed by atoms with Gasteiger partial charge in [0.15, 0.2) is 17.7 Å². The van der Waals surface area contributed by atoms with Crippen molar-refractivity contribution < 1.29 is 43.1 Å². The van der Waals surface area contributed by atoms with Crippen LogP contribution in [0, 0.1) is 28.6 Å². The minimum Gasteiger partial charge on any atom is -0.381 e. The highest BCUT2D eigenvalue weighted by Crippen LogP contribution is 2.77. The third-order valence-corrected chi connectivity index (χ3v) is 11.2. The smallest absolute Gasteiger partial charge is 0.229 e. The largest absolute Gasteiger partial charge is 0.381 e. The van der Waals surface area contributed by atoms with Crippen LogP contribution in [0.4, 0.5) is 0 Å². The van der Waals surface area contributed by atoms with Gasteiger partial charge in [-0.2, -0.15) is 0 Å². The first-order chi connectivity index (χ1) is 16.8. The van der Waals surface area contributed by atoms with Crippen LogP contribution in [0.3, 0.4) is 0 Å². The average Bonchev–Trinajstić information content (AvgIpc) is 3.42. The van der Waals surface area contributed by atoms with Gasteiger partial charge in [-0.15, -0.1) is 0 Å². The second-order valence-corrected chi connectivity index (χ2v) is 11.7. The van der Waals surface area contributed by atoms with Gasteiger partial charge in [0.25, 0.3) is 0 Å². The van der Waals surface area contributed by atoms with Crippen LogP contribution in [0.1, 0.15) is 33.1 Å². The van der Waals surface area contributed by atoms with Gasteiger partial charge in [-0.05, 0) is 19.8 Å². The Morgan fingerprint density at radius 1 is 1.14 bits per heavy atom. The summed E-state index contributed by atoms with van der Waals surface area (Å²) in [6, 6.07) is -0.640. The molecule has 3 heterocycles. The SMILES string of the molecule is CCN1C(=O)[C@]2(C)CC[C@H](OC)[C@@]34C(=O)[C@@H]5[C@@H]6[C@@H](OC)C[C@@]7(OCO[C@@]7([C@@H](OC)[C@@H]32)[C@@H]14)[C@H]5O[C@@H]6O. The van der Waals surface area contributed by atoms with E-state index in [9.17, 15) is 9.90 Å². The number of aliphatic hydroxyl groups excluding tert-OH is 1. The first kappa shape index (κ1) is 23.0. The Labute approximate surface area is 204 Å². The lowest BCUT2D eigenvalue weighted by Crippen LogP contribution is -2.75. The molecule has 0 aromatic rings. The zero-order valence-electron chi connectivity index (χ0n) is 20.9. The number of methoxy groups -OCH3 is 3. The summed E-state index contributed by atoms with van der Waals surface area (Å²) in [6.45, 7) is 4.33. The number of piperidine rings is 1. The van der Waals surface area contributed by atoms with Crippen molar-refractivity contribution in [1.29, 1.82) is 0 Å². The first-order valence-corrected chi connectivity index (χ1v) is 12.8. The molecule has 4 saturated carbocycles. The third-order valence-electron chi connectivity index (χ3n) is 11.2. The molecule has 3 spiro atoms. The number of hydrogen-bond donors (Lipinski definition) is 1. The van der Waals surface area contributed by atoms with E-state index in [0.29, 0.717) is 25.8 Å². The maximum absolute atomic E-state index is 15.2. The van der Waals surface area contributed by atoms with Crippen LogP contribution in [-0.4, -0.2) is 104 Å². The second-order valence-electron chi connectivity index (χ2n) is 11.7. The summed E-state index contributed by atoms with van der Waals surface area (Å²) in [5.74, 6) is -1.66. The average molecular weight is 494 g/mol. The maximum Gasteiger partial charge on any atom is 0.229 e. The summed E-state index contributed by atoms with van der Waals surface area (Å²) >= 11 is 0. The van der Waals surface area contributed by atoms with Gasteiger partial charge < -0.3 is 38.4 Å². The molecule has 35 heavy (non-hydrogen) atoms. The molecule has 7 aliphatic rings. The Hall–Kier alpha value is -1.14. The standard InChI is InChI=1S/C25H35NO9/c1-6-26-20-24-12(31-4)7-8-22(2,21(26)29)15(24)18(32-5)25(20)23(33-10-34-25)9-11(30-3)13-14(16(24)27)17(23)35-19(13)28/h11-15,17-20,28H,6-10H2,1-5H3/t11-,12-,13-,14-,15+,17-,18-,19-,20-,22+,23+,24-,25-/m0/s1. The highest BCUT2D eigenvalue weighted by molar-refractivity contribution is 5.98. The summed E-state index contributed by atoms with van der Waals surface area (Å²) < 4.78 is 37.8. The fourth-order valence-electron chi connectivity index (χ4n) is 10.3. The molecule has 0 aromatic heterocycles. The van der Waals surface area contributed by atoms with Gasteiger partial charge in [0, 0.05) is 46.1 Å². The monoisotopic (exact) mass is 493 g/mol. The fourth-order valence-corrected chi connectivity index (χ4v) is 10.3. The molecular formula is C25H35NO9. The van der Waals surface area contributed by atoms with Crippen LogP contribution >= 0.6 is 0 Å². The summed E-state index contributed by atoms with van der Waals surface area (Å²) in [4.78, 5) is 31.2. The molecule has 7 rings (SSSR count). The van der Waals surface area contributed by atoms with E-state index in [1.54, 1.807) is 21.3 Å². The molecule has 1 N–H and O–H groups in total. The lowest BCUT2D eigenvalue weighted by Gasteiger charge is -2.61. The lowest BCUT2D eigenvalue weighted by molar-refractivity contribution is -0.221. The number of rotatable bonds is 4. The predicted octanol–water partition coefficient (Wildman–Crippen LogP) is 0.0963. The van der Waals surface area contributed by atoms with Crippen LogP contribution in [-0.2, 0) is 38.0 Å². The Morgan fingerprint density at radius 3 is 2.57 bits per heavy atom. The molecule has 3 aliphatic heterocycles. The number of carbonyl (C=O) groups excluding carboxylic acids is 2. The zero-order chi connectivity index (χ0) is 24.7. The Balaban J connectivity index is 1.62. The number of aliphatic hydroxyl groups is 1. The van der Waals surface area contributed by atoms with Gasteiger partial charge >= 0.3 is 0 Å². The van der Waals surface area contributed by atoms with Crippen molar-refractivity contribution in [3.63, 3.8) is 0 Å². The minimum atomic E-state index is -1.18. The molecule has 1 amide bonds. The van der Waals surface area contributed by atoms with E-state index < -0.39 is 76.5 Å². The van der Waals surface area contributed by atoms with E-state index in [1.807, 2.05) is 18.7 Å². The molecule has 4 aliphatic carbocycles. The fraction of sp³-hybridized carbons (Fsp3) is 0.920. The molecule has 3 saturated heterocycles. The Morgan fingerprint density at radius 2 is 1.91 bits per heavy atom. The molecule has 10 nitrogen and oxygen atoms in total. The maximum atomic E-state index is 15.2. The van der Waals surface area contributed by atoms with E-state index >= 15 is 4.79 Å². The van der Waals surface area contributed by atoms with E-state index in [-0.39, 0.29) is 18.5 Å². The quantitative estimate of drug-likeness (QED) is 0.582. The minimum absolute atomic E-state index is 0.0166. The van der Waals surface area contributed by atoms with Crippen LogP contribution < -0.4 is 0 Å². The summed E-state index contributed by atoms with van der Waals surface area (Å²) in [7, 11) is 4.86. The normalized spacial score (nSPS) is 59.6. The summed E-state index contributed by atoms with van der Waals surface area (Å²) in [6.07, 6.45) is -1.88. The van der Waals surface area contributed by atoms with Crippen LogP contribution in [0.2, 0.25) is 0 Å². The van der Waals surface area contributed by atoms with Crippen LogP contribution in [0.25, 0.3) is 0 Å². The van der Waals surface area contributed by atoms with Crippen molar-refractivity contribution in [2.45, 2.75) is 81.1 Å². The third kappa shape index (κ3) is 2.01. The van der Waals surface area contributed by atoms with Gasteiger partial charge in [0.2, 0.25) is 5.91 Å². The highest BCUT2D eigenvalue weighted by Gasteiger charge is 2.93. The van der Waals surface area contributed by atoms with Gasteiger partial charge in [-0.1, -0.05) is 6.92 Å². The predicted molar refractivity (Wildman–Crippen MR) is 117 cm³/mol. The molecular weight excluding hydrogens is 458 g/mol. The highest BCUT2D eigenvalue weighted by atomic mass is 16.8. The van der Waals surface area contributed by atoms with Crippen molar-refractivity contribution in [3.05, 3.63) is 0 Å². The van der Waals surface area contributed by atoms with Crippen molar-refractivity contribution in [2.75, 3.05) is 34.7 Å². The Kier molecular flexibility index (Phi) is 4.49. The molecule has 10 heteroatoms. The van der Waals surface area contributed by atoms with Crippen LogP contribution in [0.5, 0.6) is 0 Å². The Bertz CT molecular complexity index is 992. The summed E-state index contributed by atoms with van der Waals surface area (Å²) in [5, 5.41) is 11.0. The van der Waals surface area contributed by atoms with Crippen molar-refractivity contribution in [1.82, 2.24) is 4.90 Å². The number of ether oxygens (including phenoxy) is 6. The molecule has 7 fully saturated rings. The molecule has 9 bridgehead atoms. The summed E-state index contributed by atoms with van der Waals surface area (Å²) in [5.41, 5.74) is -4.22. The number of carbonyl (C=O) groups is 2. The van der Waals surface area contributed by atoms with E-state index in [1.165, 1.54) is 0 Å². The number of nitrogens with zero attached hydrogens (tertiary/aromatic N) is 1. The molecule has 0 aromatic carbocycles. The molecule has 13 atom stereocenters. The number of amides is 1. The van der Waals surface area contributed by atoms with E-state index in [2.05, 4.69) is 0 Å². The van der Waals surface area contributed by atoms with E-state index in [0.717, 1.165) is 0 Å². The first-order valence-electron chi connectivity index (χ1n) is 12.8. The zero-order valence-corrected chi connectivity index (χ0v) is 20.9. The second kappa shape index (κ2) is 6.83. The topological polar surface area (TPSA) is 113 Å². The van der Waals surface area contributed by atoms with Crippen molar-refractivity contribution in [3.8, 4) is 0 Å². The lowest BCUT2D eigenvalue weighted by atomic mass is 9.47. The van der Waals surface area contributed by atoms with Gasteiger partial charge in [-0.3, -0.25) is 9.59 Å². The molecule has 194 valence electrons. The number of likely N-dealkylation sites (tertiary alicyclic amines) is 1. The number of likely N-dealkylation sites (N-methyl/N-ethyl adjacent to an activating group) is 1. The molecule has 0 radical (unpaired) electrons. The van der Waals surface area contributed by atoms with Gasteiger partial charge in [0.1, 0.15) is 18.5 Å².